The fourth-order valence-corrected chi connectivity index (χ4v) is 4.52. The number of amides is 1. The molecular weight excluding hydrogens is 384 g/mol. The number of hydrogen-bond acceptors (Lipinski definition) is 5. The number of thiophene rings is 1. The molecule has 1 atom stereocenters. The van der Waals surface area contributed by atoms with Gasteiger partial charge in [0.05, 0.1) is 28.9 Å². The summed E-state index contributed by atoms with van der Waals surface area (Å²) >= 11 is 7.26. The zero-order valence-electron chi connectivity index (χ0n) is 14.0. The molecule has 0 aliphatic rings. The molecule has 25 heavy (non-hydrogen) atoms. The van der Waals surface area contributed by atoms with Crippen molar-refractivity contribution in [2.45, 2.75) is 24.4 Å². The number of benzene rings is 1. The molecule has 1 aromatic carbocycles. The van der Waals surface area contributed by atoms with Crippen molar-refractivity contribution in [1.29, 1.82) is 0 Å². The fraction of sp³-hybridized carbons (Fsp3) is 0.312. The van der Waals surface area contributed by atoms with Crippen molar-refractivity contribution in [3.05, 3.63) is 45.6 Å². The van der Waals surface area contributed by atoms with Gasteiger partial charge in [-0.2, -0.15) is 4.72 Å². The molecule has 0 unspecified atom stereocenters. The van der Waals surface area contributed by atoms with Crippen LogP contribution in [0.4, 0.5) is 0 Å². The van der Waals surface area contributed by atoms with Gasteiger partial charge in [0.2, 0.25) is 15.9 Å². The second kappa shape index (κ2) is 8.18. The maximum Gasteiger partial charge on any atom is 0.241 e. The summed E-state index contributed by atoms with van der Waals surface area (Å²) in [7, 11) is -0.685. The highest BCUT2D eigenvalue weighted by Crippen LogP contribution is 2.22. The van der Waals surface area contributed by atoms with E-state index in [1.165, 1.54) is 42.4 Å². The van der Waals surface area contributed by atoms with E-state index in [1.807, 2.05) is 6.07 Å². The smallest absolute Gasteiger partial charge is 0.241 e. The number of ether oxygens (including phenoxy) is 1. The first-order chi connectivity index (χ1) is 11.7. The number of rotatable bonds is 7. The lowest BCUT2D eigenvalue weighted by Gasteiger charge is -2.21. The molecule has 9 heteroatoms. The van der Waals surface area contributed by atoms with Crippen LogP contribution in [0, 0.1) is 0 Å². The second-order valence-corrected chi connectivity index (χ2v) is 8.93. The molecule has 6 nitrogen and oxygen atoms in total. The molecule has 1 amide bonds. The van der Waals surface area contributed by atoms with E-state index >= 15 is 0 Å². The molecule has 0 fully saturated rings. The lowest BCUT2D eigenvalue weighted by atomic mass is 10.3. The van der Waals surface area contributed by atoms with Crippen LogP contribution in [-0.4, -0.2) is 39.4 Å². The second-order valence-electron chi connectivity index (χ2n) is 5.42. The first-order valence-corrected chi connectivity index (χ1v) is 10.1. The largest absolute Gasteiger partial charge is 0.497 e. The molecule has 1 heterocycles. The van der Waals surface area contributed by atoms with Crippen LogP contribution in [0.25, 0.3) is 0 Å². The average molecular weight is 403 g/mol. The summed E-state index contributed by atoms with van der Waals surface area (Å²) in [6.45, 7) is 1.88. The van der Waals surface area contributed by atoms with Crippen LogP contribution in [-0.2, 0) is 21.4 Å². The van der Waals surface area contributed by atoms with Crippen LogP contribution in [0.2, 0.25) is 4.34 Å². The van der Waals surface area contributed by atoms with E-state index in [0.29, 0.717) is 16.6 Å². The highest BCUT2D eigenvalue weighted by atomic mass is 35.5. The van der Waals surface area contributed by atoms with Gasteiger partial charge < -0.3 is 9.64 Å². The molecule has 1 N–H and O–H groups in total. The van der Waals surface area contributed by atoms with E-state index in [-0.39, 0.29) is 10.8 Å². The Hall–Kier alpha value is -1.61. The van der Waals surface area contributed by atoms with Crippen molar-refractivity contribution in [3.8, 4) is 5.75 Å². The SMILES string of the molecule is COc1ccc(S(=O)(=O)N[C@@H](C)C(=O)N(C)Cc2ccc(Cl)s2)cc1. The normalized spacial score (nSPS) is 12.6. The molecule has 0 spiro atoms. The summed E-state index contributed by atoms with van der Waals surface area (Å²) in [5.41, 5.74) is 0. The van der Waals surface area contributed by atoms with E-state index in [1.54, 1.807) is 25.2 Å². The van der Waals surface area contributed by atoms with Crippen molar-refractivity contribution >= 4 is 38.9 Å². The van der Waals surface area contributed by atoms with Gasteiger partial charge in [-0.15, -0.1) is 11.3 Å². The Bertz CT molecular complexity index is 834. The van der Waals surface area contributed by atoms with Crippen LogP contribution >= 0.6 is 22.9 Å². The molecule has 1 aromatic heterocycles. The van der Waals surface area contributed by atoms with E-state index in [2.05, 4.69) is 4.72 Å². The number of carbonyl (C=O) groups is 1. The summed E-state index contributed by atoms with van der Waals surface area (Å²) in [5.74, 6) is 0.221. The molecular formula is C16H19ClN2O4S2. The minimum Gasteiger partial charge on any atom is -0.497 e. The number of nitrogens with one attached hydrogen (secondary N) is 1. The molecule has 0 bridgehead atoms. The highest BCUT2D eigenvalue weighted by Gasteiger charge is 2.24. The summed E-state index contributed by atoms with van der Waals surface area (Å²) in [6, 6.07) is 8.65. The number of hydrogen-bond donors (Lipinski definition) is 1. The zero-order valence-corrected chi connectivity index (χ0v) is 16.4. The van der Waals surface area contributed by atoms with Crippen molar-refractivity contribution < 1.29 is 17.9 Å². The molecule has 0 radical (unpaired) electrons. The van der Waals surface area contributed by atoms with E-state index in [4.69, 9.17) is 16.3 Å². The maximum atomic E-state index is 12.4. The first kappa shape index (κ1) is 19.7. The molecule has 2 aromatic rings. The van der Waals surface area contributed by atoms with Crippen LogP contribution in [0.1, 0.15) is 11.8 Å². The molecule has 0 saturated carbocycles. The van der Waals surface area contributed by atoms with Gasteiger partial charge in [-0.1, -0.05) is 11.6 Å². The van der Waals surface area contributed by atoms with Crippen LogP contribution in [0.15, 0.2) is 41.3 Å². The Morgan fingerprint density at radius 2 is 1.92 bits per heavy atom. The molecule has 136 valence electrons. The Balaban J connectivity index is 2.03. The van der Waals surface area contributed by atoms with Crippen LogP contribution < -0.4 is 9.46 Å². The van der Waals surface area contributed by atoms with Crippen molar-refractivity contribution in [1.82, 2.24) is 9.62 Å². The molecule has 0 aliphatic carbocycles. The van der Waals surface area contributed by atoms with E-state index in [9.17, 15) is 13.2 Å². The number of carbonyl (C=O) groups excluding carboxylic acids is 1. The summed E-state index contributed by atoms with van der Waals surface area (Å²) < 4.78 is 32.8. The average Bonchev–Trinajstić information content (AvgIpc) is 2.98. The zero-order chi connectivity index (χ0) is 18.6. The number of sulfonamides is 1. The van der Waals surface area contributed by atoms with Crippen molar-refractivity contribution in [3.63, 3.8) is 0 Å². The van der Waals surface area contributed by atoms with Gasteiger partial charge in [0.1, 0.15) is 5.75 Å². The minimum atomic E-state index is -3.80. The lowest BCUT2D eigenvalue weighted by Crippen LogP contribution is -2.45. The molecule has 0 saturated heterocycles. The van der Waals surface area contributed by atoms with Gasteiger partial charge in [-0.25, -0.2) is 8.42 Å². The number of likely N-dealkylation sites (N-methyl/N-ethyl adjacent to an activating group) is 1. The highest BCUT2D eigenvalue weighted by molar-refractivity contribution is 7.89. The van der Waals surface area contributed by atoms with E-state index in [0.717, 1.165) is 4.88 Å². The Labute approximate surface area is 156 Å². The number of halogens is 1. The van der Waals surface area contributed by atoms with Gasteiger partial charge in [-0.3, -0.25) is 4.79 Å². The van der Waals surface area contributed by atoms with Crippen LogP contribution in [0.3, 0.4) is 0 Å². The monoisotopic (exact) mass is 402 g/mol. The van der Waals surface area contributed by atoms with E-state index < -0.39 is 16.1 Å². The Kier molecular flexibility index (Phi) is 6.45. The third kappa shape index (κ3) is 5.18. The lowest BCUT2D eigenvalue weighted by molar-refractivity contribution is -0.131. The third-order valence-electron chi connectivity index (χ3n) is 3.47. The number of nitrogens with zero attached hydrogens (tertiary/aromatic N) is 1. The quantitative estimate of drug-likeness (QED) is 0.772. The van der Waals surface area contributed by atoms with Gasteiger partial charge >= 0.3 is 0 Å². The maximum absolute atomic E-state index is 12.4. The Morgan fingerprint density at radius 1 is 1.28 bits per heavy atom. The molecule has 2 rings (SSSR count). The molecule has 0 aliphatic heterocycles. The van der Waals surface area contributed by atoms with Gasteiger partial charge in [0.15, 0.2) is 0 Å². The third-order valence-corrected chi connectivity index (χ3v) is 6.24. The van der Waals surface area contributed by atoms with Gasteiger partial charge in [0, 0.05) is 11.9 Å². The predicted octanol–water partition coefficient (Wildman–Crippen LogP) is 2.74. The summed E-state index contributed by atoms with van der Waals surface area (Å²) in [5, 5.41) is 0. The van der Waals surface area contributed by atoms with Gasteiger partial charge in [-0.05, 0) is 43.3 Å². The topological polar surface area (TPSA) is 75.7 Å². The van der Waals surface area contributed by atoms with Crippen molar-refractivity contribution in [2.75, 3.05) is 14.2 Å². The summed E-state index contributed by atoms with van der Waals surface area (Å²) in [4.78, 5) is 14.9. The first-order valence-electron chi connectivity index (χ1n) is 7.38. The Morgan fingerprint density at radius 3 is 2.44 bits per heavy atom. The predicted molar refractivity (Wildman–Crippen MR) is 98.6 cm³/mol. The minimum absolute atomic E-state index is 0.0700. The van der Waals surface area contributed by atoms with Crippen LogP contribution in [0.5, 0.6) is 5.75 Å². The fourth-order valence-electron chi connectivity index (χ4n) is 2.19. The van der Waals surface area contributed by atoms with Crippen molar-refractivity contribution in [2.24, 2.45) is 0 Å². The standard InChI is InChI=1S/C16H19ClN2O4S2/c1-11(16(20)19(2)10-13-6-9-15(17)24-13)18-25(21,22)14-7-4-12(23-3)5-8-14/h4-9,11,18H,10H2,1-3H3/t11-/m0/s1. The number of methoxy groups -OCH3 is 1. The summed E-state index contributed by atoms with van der Waals surface area (Å²) in [6.07, 6.45) is 0. The van der Waals surface area contributed by atoms with Gasteiger partial charge in [0.25, 0.3) is 0 Å².